The minimum Gasteiger partial charge on any atom is -0.482 e. The molecule has 0 atom stereocenters. The van der Waals surface area contributed by atoms with Crippen molar-refractivity contribution < 1.29 is 19.4 Å². The quantitative estimate of drug-likeness (QED) is 0.507. The van der Waals surface area contributed by atoms with Crippen LogP contribution in [0.25, 0.3) is 11.1 Å². The molecule has 1 heterocycles. The van der Waals surface area contributed by atoms with Crippen LogP contribution in [0, 0.1) is 5.92 Å². The summed E-state index contributed by atoms with van der Waals surface area (Å²) in [6, 6.07) is 5.22. The molecule has 2 aromatic rings. The number of rotatable bonds is 10. The molecule has 9 nitrogen and oxygen atoms in total. The lowest BCUT2D eigenvalue weighted by Gasteiger charge is -2.30. The highest BCUT2D eigenvalue weighted by atomic mass is 16.5. The predicted octanol–water partition coefficient (Wildman–Crippen LogP) is 3.34. The Labute approximate surface area is 195 Å². The summed E-state index contributed by atoms with van der Waals surface area (Å²) in [4.78, 5) is 28.5. The molecule has 180 valence electrons. The van der Waals surface area contributed by atoms with Crippen LogP contribution in [0.3, 0.4) is 0 Å². The zero-order valence-electron chi connectivity index (χ0n) is 19.5. The van der Waals surface area contributed by atoms with Crippen LogP contribution in [0.4, 0.5) is 10.5 Å². The molecule has 1 aliphatic rings. The van der Waals surface area contributed by atoms with Crippen LogP contribution in [-0.4, -0.2) is 77.4 Å². The van der Waals surface area contributed by atoms with E-state index in [0.29, 0.717) is 36.9 Å². The van der Waals surface area contributed by atoms with E-state index in [9.17, 15) is 14.7 Å². The lowest BCUT2D eigenvalue weighted by atomic mass is 9.89. The molecule has 0 aliphatic heterocycles. The van der Waals surface area contributed by atoms with Gasteiger partial charge in [-0.25, -0.2) is 4.79 Å². The van der Waals surface area contributed by atoms with Gasteiger partial charge in [0.15, 0.2) is 6.61 Å². The Bertz CT molecular complexity index is 894. The molecule has 1 fully saturated rings. The molecule has 33 heavy (non-hydrogen) atoms. The van der Waals surface area contributed by atoms with Gasteiger partial charge >= 0.3 is 6.03 Å². The molecule has 1 aromatic heterocycles. The molecule has 1 aromatic carbocycles. The number of benzene rings is 1. The minimum absolute atomic E-state index is 0.0366. The third-order valence-corrected chi connectivity index (χ3v) is 5.98. The van der Waals surface area contributed by atoms with Gasteiger partial charge in [0, 0.05) is 45.6 Å². The van der Waals surface area contributed by atoms with Crippen LogP contribution in [0.1, 0.15) is 38.5 Å². The molecule has 9 heteroatoms. The Balaban J connectivity index is 1.77. The van der Waals surface area contributed by atoms with E-state index < -0.39 is 0 Å². The van der Waals surface area contributed by atoms with Crippen molar-refractivity contribution in [2.45, 2.75) is 38.5 Å². The van der Waals surface area contributed by atoms with E-state index in [2.05, 4.69) is 15.5 Å². The van der Waals surface area contributed by atoms with Crippen LogP contribution >= 0.6 is 0 Å². The summed E-state index contributed by atoms with van der Waals surface area (Å²) >= 11 is 0. The second-order valence-electron chi connectivity index (χ2n) is 8.73. The highest BCUT2D eigenvalue weighted by molar-refractivity contribution is 5.92. The molecule has 0 saturated heterocycles. The summed E-state index contributed by atoms with van der Waals surface area (Å²) in [6.45, 7) is 1.06. The number of aliphatic hydroxyl groups excluding tert-OH is 1. The van der Waals surface area contributed by atoms with Gasteiger partial charge in [-0.15, -0.1) is 0 Å². The van der Waals surface area contributed by atoms with Gasteiger partial charge in [0.05, 0.1) is 11.9 Å². The average Bonchev–Trinajstić information content (AvgIpc) is 3.36. The first-order valence-corrected chi connectivity index (χ1v) is 11.6. The molecule has 1 aliphatic carbocycles. The predicted molar refractivity (Wildman–Crippen MR) is 127 cm³/mol. The smallest absolute Gasteiger partial charge is 0.321 e. The van der Waals surface area contributed by atoms with Crippen molar-refractivity contribution in [2.75, 3.05) is 45.7 Å². The molecule has 0 spiro atoms. The first kappa shape index (κ1) is 24.6. The lowest BCUT2D eigenvalue weighted by molar-refractivity contribution is -0.130. The SMILES string of the molecule is CN(C)C(=O)COc1cc(-c2cn[nH]c2)ccc1NC(=O)N(CCCO)CC1CCCCC1. The number of nitrogens with zero attached hydrogens (tertiary/aromatic N) is 3. The second-order valence-corrected chi connectivity index (χ2v) is 8.73. The van der Waals surface area contributed by atoms with Crippen LogP contribution in [0.2, 0.25) is 0 Å². The molecule has 0 unspecified atom stereocenters. The largest absolute Gasteiger partial charge is 0.482 e. The summed E-state index contributed by atoms with van der Waals surface area (Å²) in [6.07, 6.45) is 9.91. The van der Waals surface area contributed by atoms with E-state index in [4.69, 9.17) is 4.74 Å². The first-order valence-electron chi connectivity index (χ1n) is 11.6. The lowest BCUT2D eigenvalue weighted by Crippen LogP contribution is -2.40. The van der Waals surface area contributed by atoms with E-state index >= 15 is 0 Å². The highest BCUT2D eigenvalue weighted by Gasteiger charge is 2.22. The fraction of sp³-hybridized carbons (Fsp3) is 0.542. The summed E-state index contributed by atoms with van der Waals surface area (Å²) in [5.41, 5.74) is 2.23. The van der Waals surface area contributed by atoms with Crippen molar-refractivity contribution in [3.63, 3.8) is 0 Å². The van der Waals surface area contributed by atoms with E-state index in [1.807, 2.05) is 6.07 Å². The van der Waals surface area contributed by atoms with Crippen molar-refractivity contribution in [2.24, 2.45) is 5.92 Å². The molecular formula is C24H35N5O4. The van der Waals surface area contributed by atoms with Crippen LogP contribution in [-0.2, 0) is 4.79 Å². The van der Waals surface area contributed by atoms with Gasteiger partial charge in [-0.3, -0.25) is 9.89 Å². The molecule has 0 radical (unpaired) electrons. The minimum atomic E-state index is -0.228. The number of aliphatic hydroxyl groups is 1. The summed E-state index contributed by atoms with van der Waals surface area (Å²) < 4.78 is 5.82. The van der Waals surface area contributed by atoms with E-state index in [-0.39, 0.29) is 25.2 Å². The zero-order chi connectivity index (χ0) is 23.6. The van der Waals surface area contributed by atoms with Crippen LogP contribution in [0.5, 0.6) is 5.75 Å². The Kier molecular flexibility index (Phi) is 9.12. The standard InChI is InChI=1S/C24H35N5O4/c1-28(2)23(31)17-33-22-13-19(20-14-25-26-15-20)9-10-21(22)27-24(32)29(11-6-12-30)16-18-7-4-3-5-8-18/h9-10,13-15,18,30H,3-8,11-12,16-17H2,1-2H3,(H,25,26)(H,27,32). The second kappa shape index (κ2) is 12.2. The number of likely N-dealkylation sites (N-methyl/N-ethyl adjacent to an activating group) is 1. The number of carbonyl (C=O) groups excluding carboxylic acids is 2. The molecule has 3 N–H and O–H groups in total. The van der Waals surface area contributed by atoms with Gasteiger partial charge in [0.1, 0.15) is 5.75 Å². The van der Waals surface area contributed by atoms with Gasteiger partial charge < -0.3 is 25.0 Å². The maximum Gasteiger partial charge on any atom is 0.321 e. The van der Waals surface area contributed by atoms with Crippen molar-refractivity contribution >= 4 is 17.6 Å². The number of hydrogen-bond donors (Lipinski definition) is 3. The van der Waals surface area contributed by atoms with Gasteiger partial charge in [0.2, 0.25) is 0 Å². The Morgan fingerprint density at radius 1 is 1.21 bits per heavy atom. The fourth-order valence-electron chi connectivity index (χ4n) is 4.01. The molecule has 3 amide bonds. The third kappa shape index (κ3) is 7.21. The normalized spacial score (nSPS) is 14.0. The zero-order valence-corrected chi connectivity index (χ0v) is 19.5. The number of carbonyl (C=O) groups is 2. The Hall–Kier alpha value is -3.07. The monoisotopic (exact) mass is 457 g/mol. The van der Waals surface area contributed by atoms with Crippen LogP contribution < -0.4 is 10.1 Å². The van der Waals surface area contributed by atoms with Crippen molar-refractivity contribution in [3.05, 3.63) is 30.6 Å². The van der Waals surface area contributed by atoms with Crippen molar-refractivity contribution in [1.29, 1.82) is 0 Å². The Morgan fingerprint density at radius 2 is 2.00 bits per heavy atom. The number of hydrogen-bond acceptors (Lipinski definition) is 5. The number of ether oxygens (including phenoxy) is 1. The summed E-state index contributed by atoms with van der Waals surface area (Å²) in [5.74, 6) is 0.722. The fourth-order valence-corrected chi connectivity index (χ4v) is 4.01. The average molecular weight is 458 g/mol. The number of aromatic amines is 1. The topological polar surface area (TPSA) is 111 Å². The van der Waals surface area contributed by atoms with Gasteiger partial charge in [-0.2, -0.15) is 5.10 Å². The number of nitrogens with one attached hydrogen (secondary N) is 2. The van der Waals surface area contributed by atoms with Gasteiger partial charge in [-0.05, 0) is 42.9 Å². The first-order chi connectivity index (χ1) is 16.0. The molecule has 0 bridgehead atoms. The summed E-state index contributed by atoms with van der Waals surface area (Å²) in [5, 5.41) is 19.0. The molecule has 1 saturated carbocycles. The molecular weight excluding hydrogens is 422 g/mol. The van der Waals surface area contributed by atoms with Crippen molar-refractivity contribution in [3.8, 4) is 16.9 Å². The number of aromatic nitrogens is 2. The maximum atomic E-state index is 13.2. The highest BCUT2D eigenvalue weighted by Crippen LogP contribution is 2.31. The van der Waals surface area contributed by atoms with Crippen LogP contribution in [0.15, 0.2) is 30.6 Å². The molecule has 3 rings (SSSR count). The number of H-pyrrole nitrogens is 1. The number of anilines is 1. The summed E-state index contributed by atoms with van der Waals surface area (Å²) in [7, 11) is 3.33. The van der Waals surface area contributed by atoms with E-state index in [1.165, 1.54) is 24.2 Å². The number of amides is 3. The van der Waals surface area contributed by atoms with E-state index in [0.717, 1.165) is 24.0 Å². The van der Waals surface area contributed by atoms with Gasteiger partial charge in [-0.1, -0.05) is 25.3 Å². The van der Waals surface area contributed by atoms with E-state index in [1.54, 1.807) is 43.5 Å². The Morgan fingerprint density at radius 3 is 2.67 bits per heavy atom. The van der Waals surface area contributed by atoms with Gasteiger partial charge in [0.25, 0.3) is 5.91 Å². The van der Waals surface area contributed by atoms with Crippen molar-refractivity contribution in [1.82, 2.24) is 20.0 Å². The third-order valence-electron chi connectivity index (χ3n) is 5.98. The maximum absolute atomic E-state index is 13.2. The number of urea groups is 1.